The van der Waals surface area contributed by atoms with Gasteiger partial charge in [0.25, 0.3) is 5.91 Å². The topological polar surface area (TPSA) is 91.7 Å². The first-order valence-electron chi connectivity index (χ1n) is 7.46. The summed E-state index contributed by atoms with van der Waals surface area (Å²) in [6.07, 6.45) is -0.434. The first-order chi connectivity index (χ1) is 11.2. The van der Waals surface area contributed by atoms with Gasteiger partial charge in [-0.15, -0.1) is 0 Å². The fourth-order valence-corrected chi connectivity index (χ4v) is 1.91. The number of nitrogens with zero attached hydrogens (tertiary/aromatic N) is 2. The number of nitriles is 1. The van der Waals surface area contributed by atoms with Crippen LogP contribution in [-0.4, -0.2) is 42.9 Å². The third-order valence-corrected chi connectivity index (χ3v) is 3.10. The Balaban J connectivity index is 2.90. The summed E-state index contributed by atoms with van der Waals surface area (Å²) in [5.41, 5.74) is 0.655. The van der Waals surface area contributed by atoms with E-state index in [1.807, 2.05) is 6.07 Å². The lowest BCUT2D eigenvalue weighted by molar-refractivity contribution is -0.171. The van der Waals surface area contributed by atoms with Crippen LogP contribution in [0.15, 0.2) is 24.3 Å². The lowest BCUT2D eigenvalue weighted by Gasteiger charge is -2.25. The SMILES string of the molecule is CON(C)C(=O)C(Cc1ccc(C#N)cc1)NC(=O)OC(C)(C)C. The number of hydrogen-bond donors (Lipinski definition) is 1. The molecule has 1 rings (SSSR count). The van der Waals surface area contributed by atoms with Crippen LogP contribution in [0.25, 0.3) is 0 Å². The van der Waals surface area contributed by atoms with Gasteiger partial charge in [0, 0.05) is 13.5 Å². The van der Waals surface area contributed by atoms with Crippen molar-refractivity contribution in [2.24, 2.45) is 0 Å². The van der Waals surface area contributed by atoms with Crippen molar-refractivity contribution in [2.45, 2.75) is 38.8 Å². The van der Waals surface area contributed by atoms with E-state index >= 15 is 0 Å². The Morgan fingerprint density at radius 2 is 1.88 bits per heavy atom. The maximum absolute atomic E-state index is 12.4. The van der Waals surface area contributed by atoms with E-state index in [2.05, 4.69) is 5.32 Å². The lowest BCUT2D eigenvalue weighted by atomic mass is 10.0. The molecule has 0 radical (unpaired) electrons. The second kappa shape index (κ2) is 8.31. The first-order valence-corrected chi connectivity index (χ1v) is 7.46. The van der Waals surface area contributed by atoms with E-state index < -0.39 is 23.6 Å². The van der Waals surface area contributed by atoms with Crippen molar-refractivity contribution in [3.63, 3.8) is 0 Å². The van der Waals surface area contributed by atoms with E-state index in [0.717, 1.165) is 10.6 Å². The second-order valence-electron chi connectivity index (χ2n) is 6.23. The molecule has 0 heterocycles. The highest BCUT2D eigenvalue weighted by atomic mass is 16.7. The minimum Gasteiger partial charge on any atom is -0.444 e. The Kier molecular flexibility index (Phi) is 6.74. The van der Waals surface area contributed by atoms with Crippen molar-refractivity contribution in [1.82, 2.24) is 10.4 Å². The van der Waals surface area contributed by atoms with Crippen LogP contribution >= 0.6 is 0 Å². The van der Waals surface area contributed by atoms with Crippen LogP contribution in [0.3, 0.4) is 0 Å². The zero-order chi connectivity index (χ0) is 18.3. The van der Waals surface area contributed by atoms with Crippen molar-refractivity contribution < 1.29 is 19.2 Å². The molecule has 0 aliphatic heterocycles. The fraction of sp³-hybridized carbons (Fsp3) is 0.471. The summed E-state index contributed by atoms with van der Waals surface area (Å²) in [7, 11) is 2.83. The monoisotopic (exact) mass is 333 g/mol. The summed E-state index contributed by atoms with van der Waals surface area (Å²) >= 11 is 0. The Labute approximate surface area is 142 Å². The average Bonchev–Trinajstić information content (AvgIpc) is 2.51. The number of carbonyl (C=O) groups excluding carboxylic acids is 2. The lowest BCUT2D eigenvalue weighted by Crippen LogP contribution is -2.49. The molecule has 0 aliphatic carbocycles. The summed E-state index contributed by atoms with van der Waals surface area (Å²) < 4.78 is 5.20. The van der Waals surface area contributed by atoms with E-state index in [-0.39, 0.29) is 6.42 Å². The van der Waals surface area contributed by atoms with E-state index in [0.29, 0.717) is 5.56 Å². The van der Waals surface area contributed by atoms with E-state index in [1.165, 1.54) is 14.2 Å². The third-order valence-electron chi connectivity index (χ3n) is 3.10. The van der Waals surface area contributed by atoms with Gasteiger partial charge in [-0.3, -0.25) is 9.63 Å². The van der Waals surface area contributed by atoms with Crippen molar-refractivity contribution in [2.75, 3.05) is 14.2 Å². The molecule has 1 aromatic rings. The predicted octanol–water partition coefficient (Wildman–Crippen LogP) is 2.01. The third kappa shape index (κ3) is 6.26. The molecule has 24 heavy (non-hydrogen) atoms. The molecule has 0 bridgehead atoms. The van der Waals surface area contributed by atoms with Gasteiger partial charge in [0.15, 0.2) is 0 Å². The number of benzene rings is 1. The number of rotatable bonds is 5. The highest BCUT2D eigenvalue weighted by Gasteiger charge is 2.27. The van der Waals surface area contributed by atoms with Crippen LogP contribution in [0.2, 0.25) is 0 Å². The Morgan fingerprint density at radius 3 is 2.33 bits per heavy atom. The standard InChI is InChI=1S/C17H23N3O4/c1-17(2,3)24-16(22)19-14(15(21)20(4)23-5)10-12-6-8-13(11-18)9-7-12/h6-9,14H,10H2,1-5H3,(H,19,22). The highest BCUT2D eigenvalue weighted by Crippen LogP contribution is 2.11. The van der Waals surface area contributed by atoms with Crippen LogP contribution in [-0.2, 0) is 20.8 Å². The molecule has 1 N–H and O–H groups in total. The molecule has 0 saturated carbocycles. The van der Waals surface area contributed by atoms with Gasteiger partial charge in [0.05, 0.1) is 18.7 Å². The molecule has 0 spiro atoms. The maximum atomic E-state index is 12.4. The molecule has 7 heteroatoms. The molecule has 0 saturated heterocycles. The number of nitrogens with one attached hydrogen (secondary N) is 1. The Bertz CT molecular complexity index is 614. The fourth-order valence-electron chi connectivity index (χ4n) is 1.91. The molecule has 7 nitrogen and oxygen atoms in total. The van der Waals surface area contributed by atoms with E-state index in [4.69, 9.17) is 14.8 Å². The molecular weight excluding hydrogens is 310 g/mol. The first kappa shape index (κ1) is 19.5. The number of hydroxylamine groups is 2. The van der Waals surface area contributed by atoms with Gasteiger partial charge in [-0.25, -0.2) is 9.86 Å². The quantitative estimate of drug-likeness (QED) is 0.832. The number of amides is 2. The Morgan fingerprint density at radius 1 is 1.29 bits per heavy atom. The summed E-state index contributed by atoms with van der Waals surface area (Å²) in [6, 6.07) is 7.97. The van der Waals surface area contributed by atoms with Gasteiger partial charge in [-0.1, -0.05) is 12.1 Å². The highest BCUT2D eigenvalue weighted by molar-refractivity contribution is 5.85. The molecule has 1 aromatic carbocycles. The van der Waals surface area contributed by atoms with Crippen LogP contribution in [0.1, 0.15) is 31.9 Å². The van der Waals surface area contributed by atoms with E-state index in [9.17, 15) is 9.59 Å². The van der Waals surface area contributed by atoms with Gasteiger partial charge in [0.2, 0.25) is 0 Å². The summed E-state index contributed by atoms with van der Waals surface area (Å²) in [5, 5.41) is 12.4. The van der Waals surface area contributed by atoms with Gasteiger partial charge < -0.3 is 10.1 Å². The molecular formula is C17H23N3O4. The second-order valence-corrected chi connectivity index (χ2v) is 6.23. The van der Waals surface area contributed by atoms with Gasteiger partial charge >= 0.3 is 6.09 Å². The van der Waals surface area contributed by atoms with Crippen LogP contribution in [0.5, 0.6) is 0 Å². The van der Waals surface area contributed by atoms with Crippen molar-refractivity contribution in [3.05, 3.63) is 35.4 Å². The maximum Gasteiger partial charge on any atom is 0.408 e. The Hall–Kier alpha value is -2.59. The smallest absolute Gasteiger partial charge is 0.408 e. The van der Waals surface area contributed by atoms with Crippen LogP contribution in [0, 0.1) is 11.3 Å². The number of ether oxygens (including phenoxy) is 1. The predicted molar refractivity (Wildman–Crippen MR) is 87.8 cm³/mol. The minimum absolute atomic E-state index is 0.248. The summed E-state index contributed by atoms with van der Waals surface area (Å²) in [5.74, 6) is -0.410. The van der Waals surface area contributed by atoms with Crippen molar-refractivity contribution >= 4 is 12.0 Å². The molecule has 0 aliphatic rings. The number of alkyl carbamates (subject to hydrolysis) is 1. The summed E-state index contributed by atoms with van der Waals surface area (Å²) in [4.78, 5) is 29.3. The normalized spacial score (nSPS) is 12.0. The van der Waals surface area contributed by atoms with Crippen LogP contribution < -0.4 is 5.32 Å². The number of hydrogen-bond acceptors (Lipinski definition) is 5. The zero-order valence-electron chi connectivity index (χ0n) is 14.6. The molecule has 1 unspecified atom stereocenters. The number of likely N-dealkylation sites (N-methyl/N-ethyl adjacent to an activating group) is 1. The molecule has 0 aromatic heterocycles. The van der Waals surface area contributed by atoms with Crippen LogP contribution in [0.4, 0.5) is 4.79 Å². The zero-order valence-corrected chi connectivity index (χ0v) is 14.6. The minimum atomic E-state index is -0.849. The van der Waals surface area contributed by atoms with Gasteiger partial charge in [0.1, 0.15) is 11.6 Å². The molecule has 0 fully saturated rings. The van der Waals surface area contributed by atoms with Gasteiger partial charge in [-0.2, -0.15) is 5.26 Å². The molecule has 130 valence electrons. The van der Waals surface area contributed by atoms with Crippen molar-refractivity contribution in [3.8, 4) is 6.07 Å². The van der Waals surface area contributed by atoms with Gasteiger partial charge in [-0.05, 0) is 38.5 Å². The number of carbonyl (C=O) groups is 2. The molecule has 1 atom stereocenters. The largest absolute Gasteiger partial charge is 0.444 e. The van der Waals surface area contributed by atoms with E-state index in [1.54, 1.807) is 45.0 Å². The average molecular weight is 333 g/mol. The molecule has 2 amide bonds. The summed E-state index contributed by atoms with van der Waals surface area (Å²) in [6.45, 7) is 5.22. The van der Waals surface area contributed by atoms with Crippen molar-refractivity contribution in [1.29, 1.82) is 5.26 Å².